The zero-order chi connectivity index (χ0) is 23.6. The van der Waals surface area contributed by atoms with Crippen molar-refractivity contribution in [1.82, 2.24) is 19.8 Å². The Morgan fingerprint density at radius 1 is 1.06 bits per heavy atom. The van der Waals surface area contributed by atoms with E-state index in [-0.39, 0.29) is 30.2 Å². The third kappa shape index (κ3) is 2.25. The van der Waals surface area contributed by atoms with Crippen LogP contribution < -0.4 is 10.6 Å². The Kier molecular flexibility index (Phi) is 3.95. The van der Waals surface area contributed by atoms with Crippen molar-refractivity contribution < 1.29 is 14.6 Å². The largest absolute Gasteiger partial charge is 0.378 e. The Labute approximate surface area is 203 Å². The molecule has 2 bridgehead atoms. The van der Waals surface area contributed by atoms with Crippen molar-refractivity contribution in [2.75, 3.05) is 20.7 Å². The molecule has 8 rings (SSSR count). The molecule has 2 aromatic carbocycles. The predicted molar refractivity (Wildman–Crippen MR) is 134 cm³/mol. The van der Waals surface area contributed by atoms with Crippen LogP contribution in [0.2, 0.25) is 0 Å². The fourth-order valence-electron chi connectivity index (χ4n) is 7.96. The number of nitrogens with one attached hydrogen (secondary N) is 2. The number of aliphatic hydroxyl groups is 1. The number of aliphatic hydroxyl groups excluding tert-OH is 1. The molecule has 7 atom stereocenters. The van der Waals surface area contributed by atoms with Crippen molar-refractivity contribution >= 4 is 21.8 Å². The van der Waals surface area contributed by atoms with Gasteiger partial charge in [-0.25, -0.2) is 0 Å². The van der Waals surface area contributed by atoms with Gasteiger partial charge < -0.3 is 29.0 Å². The van der Waals surface area contributed by atoms with Gasteiger partial charge in [0.05, 0.1) is 22.4 Å². The minimum absolute atomic E-state index is 0.00742. The molecule has 0 amide bonds. The lowest BCUT2D eigenvalue weighted by atomic mass is 9.75. The van der Waals surface area contributed by atoms with Crippen LogP contribution in [0.1, 0.15) is 42.5 Å². The molecule has 1 aliphatic carbocycles. The molecule has 0 radical (unpaired) electrons. The number of ether oxygens (including phenoxy) is 2. The highest BCUT2D eigenvalue weighted by Crippen LogP contribution is 2.60. The number of hydrogen-bond donors (Lipinski definition) is 3. The first-order valence-corrected chi connectivity index (χ1v) is 12.6. The van der Waals surface area contributed by atoms with Crippen LogP contribution >= 0.6 is 0 Å². The van der Waals surface area contributed by atoms with E-state index in [0.717, 1.165) is 18.5 Å². The van der Waals surface area contributed by atoms with Gasteiger partial charge in [0.15, 0.2) is 5.72 Å². The zero-order valence-electron chi connectivity index (χ0n) is 20.2. The molecule has 2 fully saturated rings. The number of nitrogens with zero attached hydrogens (tertiary/aromatic N) is 2. The standard InChI is InChI=1S/C28H30N4O3/c1-28-26(34-3)17(29-2)12-20(35-28)31-18-10-6-4-8-14(18)22-23-16(13-30-27(23)33)21-15-9-5-7-11-19(15)32(28)25(21)24(22)31/h4-11,16-17,20,23,26-27,29-30,33H,12-13H2,1-3H3/t16-,17-,20-,23-,26-,27-,28+/m1/s1. The number of rotatable bonds is 2. The summed E-state index contributed by atoms with van der Waals surface area (Å²) >= 11 is 0. The maximum atomic E-state index is 11.2. The van der Waals surface area contributed by atoms with E-state index in [1.165, 1.54) is 38.8 Å². The Morgan fingerprint density at radius 3 is 2.51 bits per heavy atom. The number of para-hydroxylation sites is 2. The number of methoxy groups -OCH3 is 1. The minimum Gasteiger partial charge on any atom is -0.378 e. The van der Waals surface area contributed by atoms with E-state index >= 15 is 0 Å². The summed E-state index contributed by atoms with van der Waals surface area (Å²) < 4.78 is 18.2. The lowest BCUT2D eigenvalue weighted by Crippen LogP contribution is -2.59. The molecule has 0 saturated carbocycles. The lowest BCUT2D eigenvalue weighted by molar-refractivity contribution is -0.256. The fraction of sp³-hybridized carbons (Fsp3) is 0.429. The minimum atomic E-state index is -0.715. The van der Waals surface area contributed by atoms with Crippen molar-refractivity contribution in [1.29, 1.82) is 0 Å². The summed E-state index contributed by atoms with van der Waals surface area (Å²) in [4.78, 5) is 0. The molecule has 0 unspecified atom stereocenters. The Hall–Kier alpha value is -2.68. The Bertz CT molecular complexity index is 1520. The van der Waals surface area contributed by atoms with Crippen molar-refractivity contribution in [3.8, 4) is 11.4 Å². The number of hydrogen-bond acceptors (Lipinski definition) is 5. The molecule has 2 aromatic heterocycles. The first-order valence-electron chi connectivity index (χ1n) is 12.6. The Balaban J connectivity index is 1.61. The number of fused-ring (bicyclic) bond motifs is 13. The smallest absolute Gasteiger partial charge is 0.173 e. The molecule has 2 saturated heterocycles. The van der Waals surface area contributed by atoms with E-state index in [1.807, 2.05) is 7.05 Å². The predicted octanol–water partition coefficient (Wildman–Crippen LogP) is 3.57. The number of aromatic nitrogens is 2. The summed E-state index contributed by atoms with van der Waals surface area (Å²) in [5, 5.41) is 20.6. The van der Waals surface area contributed by atoms with Crippen LogP contribution in [-0.2, 0) is 15.2 Å². The van der Waals surface area contributed by atoms with E-state index in [9.17, 15) is 5.11 Å². The van der Waals surface area contributed by atoms with Crippen LogP contribution in [0, 0.1) is 0 Å². The van der Waals surface area contributed by atoms with Crippen molar-refractivity contribution in [3.05, 3.63) is 59.7 Å². The van der Waals surface area contributed by atoms with Gasteiger partial charge in [0, 0.05) is 48.7 Å². The van der Waals surface area contributed by atoms with Crippen LogP contribution in [0.5, 0.6) is 0 Å². The van der Waals surface area contributed by atoms with E-state index in [2.05, 4.69) is 75.2 Å². The molecule has 3 aliphatic heterocycles. The summed E-state index contributed by atoms with van der Waals surface area (Å²) in [7, 11) is 3.81. The van der Waals surface area contributed by atoms with Gasteiger partial charge in [0.25, 0.3) is 0 Å². The summed E-state index contributed by atoms with van der Waals surface area (Å²) in [5.74, 6) is 0.174. The van der Waals surface area contributed by atoms with E-state index < -0.39 is 12.0 Å². The average molecular weight is 471 g/mol. The molecular formula is C28H30N4O3. The van der Waals surface area contributed by atoms with E-state index in [4.69, 9.17) is 9.47 Å². The molecule has 4 aliphatic rings. The second-order valence-corrected chi connectivity index (χ2v) is 10.7. The van der Waals surface area contributed by atoms with Crippen LogP contribution in [-0.4, -0.2) is 53.3 Å². The highest BCUT2D eigenvalue weighted by molar-refractivity contribution is 6.00. The first-order chi connectivity index (χ1) is 17.1. The zero-order valence-corrected chi connectivity index (χ0v) is 20.2. The van der Waals surface area contributed by atoms with E-state index in [0.29, 0.717) is 0 Å². The SMILES string of the molecule is CN[C@@H]1C[C@H]2O[C@@](C)([C@@H]1OC)n1c3c(c4ccccc41)[C@H]1CN[C@H](O)[C@H]1c1c-3n2c2ccccc12. The maximum Gasteiger partial charge on any atom is 0.173 e. The lowest BCUT2D eigenvalue weighted by Gasteiger charge is -2.48. The summed E-state index contributed by atoms with van der Waals surface area (Å²) in [6, 6.07) is 17.4. The molecule has 3 N–H and O–H groups in total. The first kappa shape index (κ1) is 20.5. The summed E-state index contributed by atoms with van der Waals surface area (Å²) in [6.45, 7) is 2.94. The topological polar surface area (TPSA) is 72.6 Å². The van der Waals surface area contributed by atoms with Gasteiger partial charge >= 0.3 is 0 Å². The molecule has 35 heavy (non-hydrogen) atoms. The Morgan fingerprint density at radius 2 is 1.77 bits per heavy atom. The second-order valence-electron chi connectivity index (χ2n) is 10.7. The van der Waals surface area contributed by atoms with Crippen molar-refractivity contribution in [2.24, 2.45) is 0 Å². The third-order valence-corrected chi connectivity index (χ3v) is 9.19. The maximum absolute atomic E-state index is 11.2. The van der Waals surface area contributed by atoms with Crippen molar-refractivity contribution in [2.45, 2.75) is 55.5 Å². The molecule has 7 nitrogen and oxygen atoms in total. The van der Waals surface area contributed by atoms with Gasteiger partial charge in [-0.3, -0.25) is 5.32 Å². The molecule has 5 heterocycles. The van der Waals surface area contributed by atoms with Crippen LogP contribution in [0.25, 0.3) is 33.2 Å². The molecule has 4 aromatic rings. The third-order valence-electron chi connectivity index (χ3n) is 9.19. The fourth-order valence-corrected chi connectivity index (χ4v) is 7.96. The quantitative estimate of drug-likeness (QED) is 0.418. The summed E-state index contributed by atoms with van der Waals surface area (Å²) in [5.41, 5.74) is 6.59. The average Bonchev–Trinajstić information content (AvgIpc) is 3.51. The van der Waals surface area contributed by atoms with Crippen LogP contribution in [0.4, 0.5) is 0 Å². The highest BCUT2D eigenvalue weighted by atomic mass is 16.6. The molecule has 180 valence electrons. The van der Waals surface area contributed by atoms with Crippen molar-refractivity contribution in [3.63, 3.8) is 0 Å². The highest BCUT2D eigenvalue weighted by Gasteiger charge is 2.57. The van der Waals surface area contributed by atoms with Crippen LogP contribution in [0.15, 0.2) is 48.5 Å². The van der Waals surface area contributed by atoms with Gasteiger partial charge in [-0.2, -0.15) is 0 Å². The molecular weight excluding hydrogens is 440 g/mol. The number of likely N-dealkylation sites (N-methyl/N-ethyl adjacent to an activating group) is 1. The van der Waals surface area contributed by atoms with Gasteiger partial charge in [-0.05, 0) is 37.2 Å². The number of benzene rings is 2. The van der Waals surface area contributed by atoms with Gasteiger partial charge in [-0.15, -0.1) is 0 Å². The molecule has 7 heteroatoms. The monoisotopic (exact) mass is 470 g/mol. The second kappa shape index (κ2) is 6.75. The summed E-state index contributed by atoms with van der Waals surface area (Å²) in [6.07, 6.45) is -0.121. The van der Waals surface area contributed by atoms with Gasteiger partial charge in [0.1, 0.15) is 18.6 Å². The van der Waals surface area contributed by atoms with E-state index in [1.54, 1.807) is 7.11 Å². The van der Waals surface area contributed by atoms with Crippen LogP contribution in [0.3, 0.4) is 0 Å². The van der Waals surface area contributed by atoms with Gasteiger partial charge in [0.2, 0.25) is 0 Å². The van der Waals surface area contributed by atoms with Gasteiger partial charge in [-0.1, -0.05) is 36.4 Å². The molecule has 0 spiro atoms. The normalized spacial score (nSPS) is 34.7.